The van der Waals surface area contributed by atoms with E-state index in [1.54, 1.807) is 29.1 Å². The van der Waals surface area contributed by atoms with Gasteiger partial charge >= 0.3 is 0 Å². The van der Waals surface area contributed by atoms with Crippen LogP contribution in [0, 0.1) is 0 Å². The second-order valence-electron chi connectivity index (χ2n) is 8.31. The number of likely N-dealkylation sites (tertiary alicyclic amines) is 1. The molecule has 0 radical (unpaired) electrons. The van der Waals surface area contributed by atoms with Crippen LogP contribution in [0.25, 0.3) is 21.8 Å². The topological polar surface area (TPSA) is 53.9 Å². The van der Waals surface area contributed by atoms with Crippen LogP contribution in [0.4, 0.5) is 0 Å². The summed E-state index contributed by atoms with van der Waals surface area (Å²) in [7, 11) is 0. The second kappa shape index (κ2) is 7.89. The Morgan fingerprint density at radius 2 is 1.97 bits per heavy atom. The van der Waals surface area contributed by atoms with Gasteiger partial charge in [0.1, 0.15) is 0 Å². The van der Waals surface area contributed by atoms with Gasteiger partial charge < -0.3 is 4.98 Å². The zero-order valence-electron chi connectivity index (χ0n) is 17.0. The third-order valence-corrected chi connectivity index (χ3v) is 6.70. The van der Waals surface area contributed by atoms with Crippen LogP contribution in [0.2, 0.25) is 5.02 Å². The minimum Gasteiger partial charge on any atom is -0.361 e. The molecule has 0 spiro atoms. The molecule has 0 bridgehead atoms. The number of H-pyrrole nitrogens is 1. The lowest BCUT2D eigenvalue weighted by molar-refractivity contribution is 0.148. The minimum absolute atomic E-state index is 0.0250. The molecule has 0 aliphatic carbocycles. The summed E-state index contributed by atoms with van der Waals surface area (Å²) in [5.74, 6) is 0.580. The summed E-state index contributed by atoms with van der Waals surface area (Å²) in [4.78, 5) is 23.2. The highest BCUT2D eigenvalue weighted by atomic mass is 35.5. The Morgan fingerprint density at radius 1 is 1.17 bits per heavy atom. The van der Waals surface area contributed by atoms with Gasteiger partial charge in [0.15, 0.2) is 0 Å². The molecule has 1 aliphatic heterocycles. The summed E-state index contributed by atoms with van der Waals surface area (Å²) in [6.07, 6.45) is 6.10. The standard InChI is InChI=1S/C24H25ClN4O/c1-16(14-29-15-27-23-7-6-18(25)12-20(23)24(29)30)28-10-8-17(9-11-28)21-13-26-22-5-3-2-4-19(21)22/h2-7,12-13,15-17,26H,8-11,14H2,1H3. The van der Waals surface area contributed by atoms with Gasteiger partial charge in [0, 0.05) is 34.7 Å². The molecule has 1 fully saturated rings. The van der Waals surface area contributed by atoms with E-state index in [1.807, 2.05) is 0 Å². The highest BCUT2D eigenvalue weighted by Crippen LogP contribution is 2.33. The van der Waals surface area contributed by atoms with Gasteiger partial charge in [-0.15, -0.1) is 0 Å². The predicted octanol–water partition coefficient (Wildman–Crippen LogP) is 4.80. The highest BCUT2D eigenvalue weighted by molar-refractivity contribution is 6.31. The van der Waals surface area contributed by atoms with Crippen molar-refractivity contribution in [2.45, 2.75) is 38.3 Å². The fraction of sp³-hybridized carbons (Fsp3) is 0.333. The van der Waals surface area contributed by atoms with Crippen molar-refractivity contribution < 1.29 is 0 Å². The van der Waals surface area contributed by atoms with Crippen LogP contribution in [0.5, 0.6) is 0 Å². The predicted molar refractivity (Wildman–Crippen MR) is 122 cm³/mol. The molecular formula is C24H25ClN4O. The first-order valence-electron chi connectivity index (χ1n) is 10.5. The number of nitrogens with one attached hydrogen (secondary N) is 1. The van der Waals surface area contributed by atoms with Crippen molar-refractivity contribution in [3.05, 3.63) is 75.9 Å². The van der Waals surface area contributed by atoms with E-state index in [0.717, 1.165) is 25.9 Å². The lowest BCUT2D eigenvalue weighted by Crippen LogP contribution is -2.42. The van der Waals surface area contributed by atoms with Crippen molar-refractivity contribution >= 4 is 33.4 Å². The summed E-state index contributed by atoms with van der Waals surface area (Å²) in [5.41, 5.74) is 3.31. The Bertz CT molecular complexity index is 1250. The van der Waals surface area contributed by atoms with Gasteiger partial charge in [-0.3, -0.25) is 14.3 Å². The average Bonchev–Trinajstić information content (AvgIpc) is 3.20. The zero-order chi connectivity index (χ0) is 20.7. The molecule has 0 amide bonds. The Morgan fingerprint density at radius 3 is 2.80 bits per heavy atom. The zero-order valence-corrected chi connectivity index (χ0v) is 17.8. The Labute approximate surface area is 180 Å². The fourth-order valence-electron chi connectivity index (χ4n) is 4.74. The number of nitrogens with zero attached hydrogens (tertiary/aromatic N) is 3. The third-order valence-electron chi connectivity index (χ3n) is 6.46. The second-order valence-corrected chi connectivity index (χ2v) is 8.75. The van der Waals surface area contributed by atoms with Crippen LogP contribution in [0.1, 0.15) is 31.2 Å². The molecule has 2 aromatic heterocycles. The van der Waals surface area contributed by atoms with E-state index < -0.39 is 0 Å². The number of fused-ring (bicyclic) bond motifs is 2. The largest absolute Gasteiger partial charge is 0.361 e. The van der Waals surface area contributed by atoms with Crippen LogP contribution >= 0.6 is 11.6 Å². The first kappa shape index (κ1) is 19.3. The van der Waals surface area contributed by atoms with Crippen molar-refractivity contribution in [3.8, 4) is 0 Å². The number of benzene rings is 2. The summed E-state index contributed by atoms with van der Waals surface area (Å²) in [5, 5.41) is 2.48. The van der Waals surface area contributed by atoms with Crippen LogP contribution in [-0.4, -0.2) is 38.6 Å². The number of rotatable bonds is 4. The number of halogens is 1. The van der Waals surface area contributed by atoms with E-state index in [9.17, 15) is 4.79 Å². The Kier molecular flexibility index (Phi) is 5.09. The molecule has 1 unspecified atom stereocenters. The molecule has 5 nitrogen and oxygen atoms in total. The van der Waals surface area contributed by atoms with Crippen molar-refractivity contribution in [2.75, 3.05) is 13.1 Å². The van der Waals surface area contributed by atoms with E-state index in [-0.39, 0.29) is 11.6 Å². The quantitative estimate of drug-likeness (QED) is 0.516. The van der Waals surface area contributed by atoms with Gasteiger partial charge in [0.05, 0.1) is 17.2 Å². The van der Waals surface area contributed by atoms with Crippen molar-refractivity contribution in [1.29, 1.82) is 0 Å². The van der Waals surface area contributed by atoms with Crippen molar-refractivity contribution in [3.63, 3.8) is 0 Å². The molecular weight excluding hydrogens is 396 g/mol. The smallest absolute Gasteiger partial charge is 0.261 e. The third kappa shape index (κ3) is 3.53. The van der Waals surface area contributed by atoms with E-state index in [4.69, 9.17) is 11.6 Å². The van der Waals surface area contributed by atoms with Gasteiger partial charge in [-0.05, 0) is 68.6 Å². The van der Waals surface area contributed by atoms with Gasteiger partial charge in [0.25, 0.3) is 5.56 Å². The monoisotopic (exact) mass is 420 g/mol. The van der Waals surface area contributed by atoms with Gasteiger partial charge in [0.2, 0.25) is 0 Å². The maximum absolute atomic E-state index is 12.9. The molecule has 154 valence electrons. The number of hydrogen-bond donors (Lipinski definition) is 1. The molecule has 2 aromatic carbocycles. The molecule has 1 aliphatic rings. The summed E-state index contributed by atoms with van der Waals surface area (Å²) in [6, 6.07) is 14.1. The molecule has 1 atom stereocenters. The number of hydrogen-bond acceptors (Lipinski definition) is 3. The van der Waals surface area contributed by atoms with E-state index in [0.29, 0.717) is 28.4 Å². The summed E-state index contributed by atoms with van der Waals surface area (Å²) >= 11 is 6.08. The van der Waals surface area contributed by atoms with Gasteiger partial charge in [-0.2, -0.15) is 0 Å². The number of piperidine rings is 1. The Balaban J connectivity index is 1.28. The molecule has 5 rings (SSSR count). The maximum Gasteiger partial charge on any atom is 0.261 e. The lowest BCUT2D eigenvalue weighted by atomic mass is 9.88. The maximum atomic E-state index is 12.9. The van der Waals surface area contributed by atoms with Gasteiger partial charge in [-0.25, -0.2) is 4.98 Å². The minimum atomic E-state index is -0.0250. The van der Waals surface area contributed by atoms with Crippen LogP contribution < -0.4 is 5.56 Å². The van der Waals surface area contributed by atoms with E-state index in [1.165, 1.54) is 16.5 Å². The summed E-state index contributed by atoms with van der Waals surface area (Å²) < 4.78 is 1.72. The first-order chi connectivity index (χ1) is 14.6. The van der Waals surface area contributed by atoms with Crippen molar-refractivity contribution in [1.82, 2.24) is 19.4 Å². The van der Waals surface area contributed by atoms with Crippen LogP contribution in [0.15, 0.2) is 59.8 Å². The molecule has 4 aromatic rings. The molecule has 30 heavy (non-hydrogen) atoms. The number of aromatic amines is 1. The normalized spacial score (nSPS) is 17.0. The Hall–Kier alpha value is -2.63. The van der Waals surface area contributed by atoms with Crippen molar-refractivity contribution in [2.24, 2.45) is 0 Å². The number of aromatic nitrogens is 3. The van der Waals surface area contributed by atoms with Crippen LogP contribution in [0.3, 0.4) is 0 Å². The van der Waals surface area contributed by atoms with E-state index in [2.05, 4.69) is 52.3 Å². The molecule has 1 N–H and O–H groups in total. The molecule has 1 saturated heterocycles. The number of para-hydroxylation sites is 1. The van der Waals surface area contributed by atoms with E-state index >= 15 is 0 Å². The molecule has 0 saturated carbocycles. The SMILES string of the molecule is CC(Cn1cnc2ccc(Cl)cc2c1=O)N1CCC(c2c[nH]c3ccccc23)CC1. The highest BCUT2D eigenvalue weighted by Gasteiger charge is 2.25. The first-order valence-corrected chi connectivity index (χ1v) is 10.9. The average molecular weight is 421 g/mol. The van der Waals surface area contributed by atoms with Crippen LogP contribution in [-0.2, 0) is 6.54 Å². The molecule has 6 heteroatoms. The lowest BCUT2D eigenvalue weighted by Gasteiger charge is -2.36. The molecule has 3 heterocycles. The summed E-state index contributed by atoms with van der Waals surface area (Å²) in [6.45, 7) is 4.90. The fourth-order valence-corrected chi connectivity index (χ4v) is 4.92. The van der Waals surface area contributed by atoms with Gasteiger partial charge in [-0.1, -0.05) is 29.8 Å².